The Balaban J connectivity index is 1.51. The smallest absolute Gasteiger partial charge is 0.265 e. The first-order valence-corrected chi connectivity index (χ1v) is 12.6. The van der Waals surface area contributed by atoms with Crippen molar-refractivity contribution in [3.63, 3.8) is 0 Å². The van der Waals surface area contributed by atoms with Gasteiger partial charge in [0.15, 0.2) is 9.84 Å². The zero-order chi connectivity index (χ0) is 23.1. The zero-order valence-electron chi connectivity index (χ0n) is 17.8. The number of thiophene rings is 1. The van der Waals surface area contributed by atoms with Crippen molar-refractivity contribution in [2.75, 3.05) is 31.8 Å². The molecule has 1 N–H and O–H groups in total. The summed E-state index contributed by atoms with van der Waals surface area (Å²) in [5.41, 5.74) is 1.02. The van der Waals surface area contributed by atoms with E-state index in [2.05, 4.69) is 5.32 Å². The number of amides is 2. The van der Waals surface area contributed by atoms with E-state index in [1.807, 2.05) is 5.38 Å². The number of benzene rings is 2. The molecule has 32 heavy (non-hydrogen) atoms. The summed E-state index contributed by atoms with van der Waals surface area (Å²) >= 11 is 1.35. The van der Waals surface area contributed by atoms with E-state index in [1.165, 1.54) is 23.5 Å². The topological polar surface area (TPSA) is 92.8 Å². The fourth-order valence-electron chi connectivity index (χ4n) is 2.94. The highest BCUT2D eigenvalue weighted by Gasteiger charge is 2.14. The van der Waals surface area contributed by atoms with E-state index in [9.17, 15) is 18.0 Å². The van der Waals surface area contributed by atoms with E-state index in [4.69, 9.17) is 4.74 Å². The number of hydrogen-bond donors (Lipinski definition) is 1. The van der Waals surface area contributed by atoms with Crippen LogP contribution in [0.4, 0.5) is 5.69 Å². The summed E-state index contributed by atoms with van der Waals surface area (Å²) in [6, 6.07) is 16.7. The lowest BCUT2D eigenvalue weighted by Gasteiger charge is -2.18. The fraction of sp³-hybridized carbons (Fsp3) is 0.217. The molecule has 0 saturated heterocycles. The lowest BCUT2D eigenvalue weighted by molar-refractivity contribution is 0.0787. The average Bonchev–Trinajstić information content (AvgIpc) is 3.31. The van der Waals surface area contributed by atoms with Crippen molar-refractivity contribution in [3.8, 4) is 5.75 Å². The predicted octanol–water partition coefficient (Wildman–Crippen LogP) is 3.95. The molecule has 0 aliphatic heterocycles. The Morgan fingerprint density at radius 2 is 1.84 bits per heavy atom. The number of sulfone groups is 1. The van der Waals surface area contributed by atoms with Crippen LogP contribution in [-0.2, 0) is 9.84 Å². The van der Waals surface area contributed by atoms with Crippen LogP contribution in [0.2, 0.25) is 0 Å². The molecule has 0 saturated carbocycles. The number of ether oxygens (including phenoxy) is 1. The maximum Gasteiger partial charge on any atom is 0.265 e. The molecule has 0 aliphatic rings. The normalized spacial score (nSPS) is 11.1. The summed E-state index contributed by atoms with van der Waals surface area (Å²) in [7, 11) is -1.60. The molecule has 2 aromatic carbocycles. The Morgan fingerprint density at radius 3 is 2.56 bits per heavy atom. The van der Waals surface area contributed by atoms with Gasteiger partial charge in [-0.2, -0.15) is 0 Å². The molecule has 3 aromatic rings. The van der Waals surface area contributed by atoms with Gasteiger partial charge in [-0.25, -0.2) is 8.42 Å². The molecule has 0 aliphatic carbocycles. The molecule has 0 bridgehead atoms. The summed E-state index contributed by atoms with van der Waals surface area (Å²) in [4.78, 5) is 27.3. The van der Waals surface area contributed by atoms with E-state index < -0.39 is 9.84 Å². The molecule has 0 unspecified atom stereocenters. The molecule has 0 fully saturated rings. The van der Waals surface area contributed by atoms with E-state index >= 15 is 0 Å². The minimum Gasteiger partial charge on any atom is -0.493 e. The van der Waals surface area contributed by atoms with Crippen molar-refractivity contribution >= 4 is 38.7 Å². The highest BCUT2D eigenvalue weighted by Crippen LogP contribution is 2.18. The quantitative estimate of drug-likeness (QED) is 0.476. The molecule has 1 heterocycles. The Morgan fingerprint density at radius 1 is 1.06 bits per heavy atom. The van der Waals surface area contributed by atoms with Gasteiger partial charge in [0.05, 0.1) is 16.4 Å². The van der Waals surface area contributed by atoms with Crippen LogP contribution >= 0.6 is 11.3 Å². The number of nitrogens with zero attached hydrogens (tertiary/aromatic N) is 1. The van der Waals surface area contributed by atoms with Gasteiger partial charge in [-0.1, -0.05) is 18.2 Å². The summed E-state index contributed by atoms with van der Waals surface area (Å²) < 4.78 is 28.9. The second-order valence-corrected chi connectivity index (χ2v) is 10.2. The minimum atomic E-state index is -3.29. The number of anilines is 1. The van der Waals surface area contributed by atoms with Gasteiger partial charge in [-0.05, 0) is 54.3 Å². The number of rotatable bonds is 9. The van der Waals surface area contributed by atoms with Crippen molar-refractivity contribution in [2.24, 2.45) is 0 Å². The van der Waals surface area contributed by atoms with Crippen LogP contribution < -0.4 is 10.1 Å². The molecular weight excluding hydrogens is 448 g/mol. The zero-order valence-corrected chi connectivity index (χ0v) is 19.4. The molecule has 0 radical (unpaired) electrons. The molecule has 2 amide bonds. The Bertz CT molecular complexity index is 1190. The van der Waals surface area contributed by atoms with E-state index in [-0.39, 0.29) is 16.7 Å². The number of carbonyl (C=O) groups is 2. The molecule has 168 valence electrons. The largest absolute Gasteiger partial charge is 0.493 e. The highest BCUT2D eigenvalue weighted by molar-refractivity contribution is 7.90. The van der Waals surface area contributed by atoms with Crippen LogP contribution in [0.1, 0.15) is 26.5 Å². The summed E-state index contributed by atoms with van der Waals surface area (Å²) in [5, 5.41) is 4.63. The second kappa shape index (κ2) is 10.4. The number of hydrogen-bond acceptors (Lipinski definition) is 6. The van der Waals surface area contributed by atoms with Crippen molar-refractivity contribution in [2.45, 2.75) is 11.3 Å². The minimum absolute atomic E-state index is 0.170. The SMILES string of the molecule is CN(CCCOc1cccc(S(C)(=O)=O)c1)C(=O)c1cccc(NC(=O)c2cccs2)c1. The van der Waals surface area contributed by atoms with Gasteiger partial charge >= 0.3 is 0 Å². The van der Waals surface area contributed by atoms with E-state index in [0.717, 1.165) is 6.26 Å². The van der Waals surface area contributed by atoms with Crippen LogP contribution in [0, 0.1) is 0 Å². The van der Waals surface area contributed by atoms with Crippen molar-refractivity contribution < 1.29 is 22.7 Å². The number of carbonyl (C=O) groups excluding carboxylic acids is 2. The average molecular weight is 473 g/mol. The standard InChI is InChI=1S/C23H24N2O5S2/c1-25(12-6-13-30-19-9-4-10-20(16-19)32(2,28)29)23(27)17-7-3-8-18(15-17)24-22(26)21-11-5-14-31-21/h3-5,7-11,14-16H,6,12-13H2,1-2H3,(H,24,26). The highest BCUT2D eigenvalue weighted by atomic mass is 32.2. The van der Waals surface area contributed by atoms with Gasteiger partial charge in [0.1, 0.15) is 5.75 Å². The van der Waals surface area contributed by atoms with Gasteiger partial charge in [0.2, 0.25) is 0 Å². The third-order valence-electron chi connectivity index (χ3n) is 4.60. The van der Waals surface area contributed by atoms with Crippen molar-refractivity contribution in [1.29, 1.82) is 0 Å². The fourth-order valence-corrected chi connectivity index (χ4v) is 4.21. The van der Waals surface area contributed by atoms with Crippen LogP contribution in [-0.4, -0.2) is 51.6 Å². The molecule has 7 nitrogen and oxygen atoms in total. The van der Waals surface area contributed by atoms with E-state index in [1.54, 1.807) is 60.5 Å². The first kappa shape index (κ1) is 23.5. The second-order valence-electron chi connectivity index (χ2n) is 7.19. The lowest BCUT2D eigenvalue weighted by Crippen LogP contribution is -2.28. The third-order valence-corrected chi connectivity index (χ3v) is 6.58. The van der Waals surface area contributed by atoms with Gasteiger partial charge < -0.3 is 15.0 Å². The van der Waals surface area contributed by atoms with Crippen LogP contribution in [0.3, 0.4) is 0 Å². The molecule has 3 rings (SSSR count). The molecule has 1 aromatic heterocycles. The summed E-state index contributed by atoms with van der Waals surface area (Å²) in [6.45, 7) is 0.790. The van der Waals surface area contributed by atoms with Crippen LogP contribution in [0.15, 0.2) is 70.9 Å². The van der Waals surface area contributed by atoms with Gasteiger partial charge in [-0.3, -0.25) is 9.59 Å². The third kappa shape index (κ3) is 6.41. The van der Waals surface area contributed by atoms with Crippen LogP contribution in [0.5, 0.6) is 5.75 Å². The first-order chi connectivity index (χ1) is 15.2. The van der Waals surface area contributed by atoms with Crippen molar-refractivity contribution in [1.82, 2.24) is 4.90 Å². The Labute approximate surface area is 191 Å². The van der Waals surface area contributed by atoms with Crippen molar-refractivity contribution in [3.05, 3.63) is 76.5 Å². The maximum atomic E-state index is 12.7. The van der Waals surface area contributed by atoms with Gasteiger partial charge in [0.25, 0.3) is 11.8 Å². The van der Waals surface area contributed by atoms with E-state index in [0.29, 0.717) is 41.4 Å². The van der Waals surface area contributed by atoms with Gasteiger partial charge in [0, 0.05) is 31.1 Å². The molecule has 9 heteroatoms. The molecule has 0 spiro atoms. The monoisotopic (exact) mass is 472 g/mol. The Hall–Kier alpha value is -3.17. The van der Waals surface area contributed by atoms with Crippen LogP contribution in [0.25, 0.3) is 0 Å². The predicted molar refractivity (Wildman–Crippen MR) is 125 cm³/mol. The summed E-state index contributed by atoms with van der Waals surface area (Å²) in [5.74, 6) is 0.0856. The molecule has 0 atom stereocenters. The first-order valence-electron chi connectivity index (χ1n) is 9.87. The van der Waals surface area contributed by atoms with Gasteiger partial charge in [-0.15, -0.1) is 11.3 Å². The Kier molecular flexibility index (Phi) is 7.66. The lowest BCUT2D eigenvalue weighted by atomic mass is 10.1. The summed E-state index contributed by atoms with van der Waals surface area (Å²) in [6.07, 6.45) is 1.72. The molecular formula is C23H24N2O5S2. The maximum absolute atomic E-state index is 12.7. The number of nitrogens with one attached hydrogen (secondary N) is 1.